The molecule has 2 aromatic rings. The van der Waals surface area contributed by atoms with Crippen LogP contribution in [0.4, 0.5) is 5.69 Å². The van der Waals surface area contributed by atoms with E-state index in [1.807, 2.05) is 61.2 Å². The highest BCUT2D eigenvalue weighted by molar-refractivity contribution is 5.95. The second kappa shape index (κ2) is 8.33. The van der Waals surface area contributed by atoms with Gasteiger partial charge in [0.25, 0.3) is 0 Å². The third kappa shape index (κ3) is 4.23. The summed E-state index contributed by atoms with van der Waals surface area (Å²) in [6.07, 6.45) is 6.21. The van der Waals surface area contributed by atoms with Gasteiger partial charge < -0.3 is 10.0 Å². The molecule has 0 spiro atoms. The lowest BCUT2D eigenvalue weighted by molar-refractivity contribution is -0.120. The van der Waals surface area contributed by atoms with E-state index in [0.29, 0.717) is 6.42 Å². The molecule has 1 N–H and O–H groups in total. The Labute approximate surface area is 156 Å². The Morgan fingerprint density at radius 2 is 1.77 bits per heavy atom. The van der Waals surface area contributed by atoms with Crippen LogP contribution in [0.25, 0.3) is 6.08 Å². The number of aliphatic hydroxyl groups excluding tert-OH is 1. The zero-order valence-electron chi connectivity index (χ0n) is 15.5. The van der Waals surface area contributed by atoms with Gasteiger partial charge >= 0.3 is 0 Å². The largest absolute Gasteiger partial charge is 0.388 e. The molecule has 2 atom stereocenters. The van der Waals surface area contributed by atoms with Crippen LogP contribution in [0, 0.1) is 5.92 Å². The number of carbonyl (C=O) groups excluding carboxylic acids is 1. The Hall–Kier alpha value is -2.39. The number of hydrogen-bond donors (Lipinski definition) is 1. The highest BCUT2D eigenvalue weighted by atomic mass is 16.3. The molecular formula is C23H27NO2. The van der Waals surface area contributed by atoms with Crippen LogP contribution in [0.15, 0.2) is 60.7 Å². The summed E-state index contributed by atoms with van der Waals surface area (Å²) in [5.41, 5.74) is 2.93. The third-order valence-electron chi connectivity index (χ3n) is 4.95. The number of anilines is 1. The van der Waals surface area contributed by atoms with Gasteiger partial charge in [0.15, 0.2) is 0 Å². The van der Waals surface area contributed by atoms with Gasteiger partial charge in [-0.2, -0.15) is 0 Å². The van der Waals surface area contributed by atoms with E-state index in [2.05, 4.69) is 24.3 Å². The van der Waals surface area contributed by atoms with Crippen LogP contribution >= 0.6 is 0 Å². The maximum Gasteiger partial charge on any atom is 0.227 e. The Balaban J connectivity index is 1.82. The first-order valence-electron chi connectivity index (χ1n) is 9.39. The van der Waals surface area contributed by atoms with Gasteiger partial charge in [-0.25, -0.2) is 0 Å². The van der Waals surface area contributed by atoms with Gasteiger partial charge in [0.05, 0.1) is 12.1 Å². The second-order valence-corrected chi connectivity index (χ2v) is 7.27. The van der Waals surface area contributed by atoms with Crippen LogP contribution < -0.4 is 4.90 Å². The number of benzene rings is 2. The number of hydrogen-bond acceptors (Lipinski definition) is 2. The van der Waals surface area contributed by atoms with Crippen LogP contribution in [0.5, 0.6) is 0 Å². The van der Waals surface area contributed by atoms with E-state index in [-0.39, 0.29) is 17.9 Å². The lowest BCUT2D eigenvalue weighted by atomic mass is 9.97. The van der Waals surface area contributed by atoms with Gasteiger partial charge in [0.2, 0.25) is 5.91 Å². The van der Waals surface area contributed by atoms with E-state index >= 15 is 0 Å². The van der Waals surface area contributed by atoms with E-state index < -0.39 is 6.10 Å². The molecule has 0 saturated carbocycles. The van der Waals surface area contributed by atoms with Crippen LogP contribution in [0.1, 0.15) is 50.3 Å². The summed E-state index contributed by atoms with van der Waals surface area (Å²) in [7, 11) is 0. The van der Waals surface area contributed by atoms with Gasteiger partial charge in [-0.15, -0.1) is 0 Å². The summed E-state index contributed by atoms with van der Waals surface area (Å²) >= 11 is 0. The third-order valence-corrected chi connectivity index (χ3v) is 4.95. The minimum absolute atomic E-state index is 0.0670. The van der Waals surface area contributed by atoms with Gasteiger partial charge in [-0.3, -0.25) is 4.79 Å². The van der Waals surface area contributed by atoms with Crippen molar-refractivity contribution in [1.82, 2.24) is 0 Å². The highest BCUT2D eigenvalue weighted by Gasteiger charge is 2.27. The molecule has 2 unspecified atom stereocenters. The molecule has 3 heteroatoms. The molecule has 1 amide bonds. The molecule has 1 saturated heterocycles. The molecule has 3 rings (SSSR count). The first-order valence-corrected chi connectivity index (χ1v) is 9.39. The van der Waals surface area contributed by atoms with Crippen LogP contribution in [-0.2, 0) is 4.79 Å². The van der Waals surface area contributed by atoms with Gasteiger partial charge in [0.1, 0.15) is 0 Å². The molecule has 0 radical (unpaired) electrons. The normalized spacial score (nSPS) is 19.3. The number of nitrogens with zero attached hydrogens (tertiary/aromatic N) is 1. The van der Waals surface area contributed by atoms with Crippen molar-refractivity contribution >= 4 is 17.7 Å². The molecule has 0 bridgehead atoms. The maximum atomic E-state index is 12.6. The van der Waals surface area contributed by atoms with Gasteiger partial charge in [-0.05, 0) is 42.0 Å². The minimum Gasteiger partial charge on any atom is -0.388 e. The summed E-state index contributed by atoms with van der Waals surface area (Å²) in [4.78, 5) is 14.5. The molecule has 1 aliphatic rings. The smallest absolute Gasteiger partial charge is 0.227 e. The van der Waals surface area contributed by atoms with Crippen molar-refractivity contribution in [3.05, 3.63) is 71.8 Å². The number of carbonyl (C=O) groups is 1. The molecule has 26 heavy (non-hydrogen) atoms. The summed E-state index contributed by atoms with van der Waals surface area (Å²) in [5, 5.41) is 10.2. The van der Waals surface area contributed by atoms with Gasteiger partial charge in [0, 0.05) is 12.1 Å². The topological polar surface area (TPSA) is 40.5 Å². The molecule has 136 valence electrons. The van der Waals surface area contributed by atoms with Gasteiger partial charge in [-0.1, -0.05) is 68.5 Å². The molecule has 1 fully saturated rings. The number of amides is 1. The van der Waals surface area contributed by atoms with E-state index in [1.165, 1.54) is 0 Å². The average Bonchev–Trinajstić information content (AvgIpc) is 2.67. The zero-order chi connectivity index (χ0) is 18.5. The molecule has 2 aromatic carbocycles. The molecule has 0 aromatic heterocycles. The summed E-state index contributed by atoms with van der Waals surface area (Å²) in [6.45, 7) is 3.99. The van der Waals surface area contributed by atoms with E-state index in [9.17, 15) is 9.90 Å². The van der Waals surface area contributed by atoms with E-state index in [1.54, 1.807) is 0 Å². The Morgan fingerprint density at radius 3 is 2.42 bits per heavy atom. The second-order valence-electron chi connectivity index (χ2n) is 7.27. The van der Waals surface area contributed by atoms with Crippen molar-refractivity contribution in [3.8, 4) is 0 Å². The van der Waals surface area contributed by atoms with Crippen molar-refractivity contribution in [2.24, 2.45) is 5.92 Å². The molecule has 1 heterocycles. The Morgan fingerprint density at radius 1 is 1.08 bits per heavy atom. The summed E-state index contributed by atoms with van der Waals surface area (Å²) < 4.78 is 0. The molecule has 3 nitrogen and oxygen atoms in total. The highest BCUT2D eigenvalue weighted by Crippen LogP contribution is 2.29. The Kier molecular flexibility index (Phi) is 5.89. The first kappa shape index (κ1) is 18.4. The minimum atomic E-state index is -0.477. The number of rotatable bonds is 5. The van der Waals surface area contributed by atoms with E-state index in [4.69, 9.17) is 0 Å². The van der Waals surface area contributed by atoms with Crippen molar-refractivity contribution < 1.29 is 9.90 Å². The van der Waals surface area contributed by atoms with Crippen LogP contribution in [-0.4, -0.2) is 17.1 Å². The van der Waals surface area contributed by atoms with Crippen LogP contribution in [0.3, 0.4) is 0 Å². The number of piperidine rings is 1. The fourth-order valence-electron chi connectivity index (χ4n) is 3.42. The van der Waals surface area contributed by atoms with Crippen molar-refractivity contribution in [1.29, 1.82) is 0 Å². The monoisotopic (exact) mass is 349 g/mol. The first-order chi connectivity index (χ1) is 12.6. The summed E-state index contributed by atoms with van der Waals surface area (Å²) in [6, 6.07) is 18.0. The quantitative estimate of drug-likeness (QED) is 0.827. The molecule has 0 aliphatic carbocycles. The fraction of sp³-hybridized carbons (Fsp3) is 0.348. The van der Waals surface area contributed by atoms with E-state index in [0.717, 1.165) is 29.7 Å². The lowest BCUT2D eigenvalue weighted by Crippen LogP contribution is -2.42. The average molecular weight is 349 g/mol. The SMILES string of the molecule is CC(C)C(O)c1ccc(N2C(=O)CCCC2/C=C/c2ccccc2)cc1. The summed E-state index contributed by atoms with van der Waals surface area (Å²) in [5.74, 6) is 0.329. The van der Waals surface area contributed by atoms with Crippen molar-refractivity contribution in [2.45, 2.75) is 45.3 Å². The Bertz CT molecular complexity index is 750. The molecule has 1 aliphatic heterocycles. The lowest BCUT2D eigenvalue weighted by Gasteiger charge is -2.34. The number of aliphatic hydroxyl groups is 1. The maximum absolute atomic E-state index is 12.6. The van der Waals surface area contributed by atoms with Crippen molar-refractivity contribution in [3.63, 3.8) is 0 Å². The molecular weight excluding hydrogens is 322 g/mol. The van der Waals surface area contributed by atoms with Crippen molar-refractivity contribution in [2.75, 3.05) is 4.90 Å². The predicted molar refractivity (Wildman–Crippen MR) is 107 cm³/mol. The standard InChI is InChI=1S/C23H27NO2/c1-17(2)23(26)19-12-15-21(16-13-19)24-20(9-6-10-22(24)25)14-11-18-7-4-3-5-8-18/h3-5,7-8,11-17,20,23,26H,6,9-10H2,1-2H3/b14-11+. The predicted octanol–water partition coefficient (Wildman–Crippen LogP) is 4.97. The van der Waals surface area contributed by atoms with Crippen LogP contribution in [0.2, 0.25) is 0 Å². The zero-order valence-corrected chi connectivity index (χ0v) is 15.5. The fourth-order valence-corrected chi connectivity index (χ4v) is 3.42.